The van der Waals surface area contributed by atoms with Crippen LogP contribution < -0.4 is 10.6 Å². The number of hydrogen-bond acceptors (Lipinski definition) is 2. The molecule has 0 saturated heterocycles. The minimum atomic E-state index is -0.454. The van der Waals surface area contributed by atoms with Gasteiger partial charge in [-0.05, 0) is 31.1 Å². The fourth-order valence-corrected chi connectivity index (χ4v) is 2.67. The Hall–Kier alpha value is -1.65. The standard InChI is InChI=1S/C12H14FN3O/c13-9-4-11(6-14-5-9)16-12(17)15-10-2-7-1-8(7)3-10/h4-8,10H,1-3H2,(H2,15,16,17). The molecular formula is C12H14FN3O. The Morgan fingerprint density at radius 1 is 1.29 bits per heavy atom. The number of hydrogen-bond donors (Lipinski definition) is 2. The van der Waals surface area contributed by atoms with E-state index in [1.165, 1.54) is 18.7 Å². The summed E-state index contributed by atoms with van der Waals surface area (Å²) in [5, 5.41) is 5.49. The van der Waals surface area contributed by atoms with Gasteiger partial charge in [-0.25, -0.2) is 9.18 Å². The Morgan fingerprint density at radius 3 is 2.76 bits per heavy atom. The number of carbonyl (C=O) groups excluding carboxylic acids is 1. The third-order valence-corrected chi connectivity index (χ3v) is 3.54. The van der Waals surface area contributed by atoms with Crippen molar-refractivity contribution in [1.29, 1.82) is 0 Å². The van der Waals surface area contributed by atoms with Crippen molar-refractivity contribution in [1.82, 2.24) is 10.3 Å². The zero-order chi connectivity index (χ0) is 11.8. The number of aromatic nitrogens is 1. The van der Waals surface area contributed by atoms with E-state index in [2.05, 4.69) is 15.6 Å². The van der Waals surface area contributed by atoms with Gasteiger partial charge < -0.3 is 10.6 Å². The Morgan fingerprint density at radius 2 is 2.06 bits per heavy atom. The highest BCUT2D eigenvalue weighted by Crippen LogP contribution is 2.51. The third kappa shape index (κ3) is 2.38. The van der Waals surface area contributed by atoms with Crippen LogP contribution in [0, 0.1) is 17.7 Å². The zero-order valence-electron chi connectivity index (χ0n) is 9.32. The molecule has 3 rings (SSSR count). The Labute approximate surface area is 98.6 Å². The van der Waals surface area contributed by atoms with Crippen molar-refractivity contribution in [3.63, 3.8) is 0 Å². The second-order valence-electron chi connectivity index (χ2n) is 4.91. The molecule has 1 heterocycles. The van der Waals surface area contributed by atoms with Crippen molar-refractivity contribution in [2.45, 2.75) is 25.3 Å². The topological polar surface area (TPSA) is 54.0 Å². The first-order chi connectivity index (χ1) is 8.20. The van der Waals surface area contributed by atoms with Gasteiger partial charge in [0.25, 0.3) is 0 Å². The zero-order valence-corrected chi connectivity index (χ0v) is 9.32. The second kappa shape index (κ2) is 3.98. The molecule has 17 heavy (non-hydrogen) atoms. The van der Waals surface area contributed by atoms with E-state index >= 15 is 0 Å². The van der Waals surface area contributed by atoms with E-state index in [1.807, 2.05) is 0 Å². The molecule has 0 bridgehead atoms. The first kappa shape index (κ1) is 10.5. The average molecular weight is 235 g/mol. The molecule has 2 saturated carbocycles. The Kier molecular flexibility index (Phi) is 2.46. The molecule has 5 heteroatoms. The molecule has 2 N–H and O–H groups in total. The van der Waals surface area contributed by atoms with E-state index in [-0.39, 0.29) is 12.1 Å². The SMILES string of the molecule is O=C(Nc1cncc(F)c1)NC1CC2CC2C1. The van der Waals surface area contributed by atoms with E-state index in [9.17, 15) is 9.18 Å². The average Bonchev–Trinajstić information content (AvgIpc) is 2.86. The molecule has 2 fully saturated rings. The summed E-state index contributed by atoms with van der Waals surface area (Å²) in [6.07, 6.45) is 6.02. The van der Waals surface area contributed by atoms with Gasteiger partial charge in [-0.1, -0.05) is 0 Å². The molecule has 2 amide bonds. The summed E-state index contributed by atoms with van der Waals surface area (Å²) in [6, 6.07) is 1.25. The number of fused-ring (bicyclic) bond motifs is 1. The number of urea groups is 1. The van der Waals surface area contributed by atoms with Crippen molar-refractivity contribution in [3.8, 4) is 0 Å². The van der Waals surface area contributed by atoms with Gasteiger partial charge in [-0.3, -0.25) is 4.98 Å². The lowest BCUT2D eigenvalue weighted by molar-refractivity contribution is 0.247. The van der Waals surface area contributed by atoms with Crippen molar-refractivity contribution in [2.24, 2.45) is 11.8 Å². The fraction of sp³-hybridized carbons (Fsp3) is 0.500. The highest BCUT2D eigenvalue weighted by molar-refractivity contribution is 5.89. The van der Waals surface area contributed by atoms with Gasteiger partial charge in [0.05, 0.1) is 18.1 Å². The van der Waals surface area contributed by atoms with Gasteiger partial charge in [-0.2, -0.15) is 0 Å². The first-order valence-electron chi connectivity index (χ1n) is 5.89. The molecular weight excluding hydrogens is 221 g/mol. The van der Waals surface area contributed by atoms with Crippen LogP contribution in [0.15, 0.2) is 18.5 Å². The molecule has 4 nitrogen and oxygen atoms in total. The molecule has 1 aromatic heterocycles. The minimum absolute atomic E-state index is 0.274. The molecule has 0 aromatic carbocycles. The molecule has 2 unspecified atom stereocenters. The van der Waals surface area contributed by atoms with Crippen LogP contribution in [0.4, 0.5) is 14.9 Å². The third-order valence-electron chi connectivity index (χ3n) is 3.54. The van der Waals surface area contributed by atoms with Crippen LogP contribution in [-0.4, -0.2) is 17.1 Å². The highest BCUT2D eigenvalue weighted by atomic mass is 19.1. The molecule has 2 aliphatic carbocycles. The van der Waals surface area contributed by atoms with Crippen LogP contribution in [0.5, 0.6) is 0 Å². The van der Waals surface area contributed by atoms with Gasteiger partial charge in [0, 0.05) is 12.1 Å². The number of rotatable bonds is 2. The normalized spacial score (nSPS) is 29.6. The maximum atomic E-state index is 12.8. The summed E-state index contributed by atoms with van der Waals surface area (Å²) < 4.78 is 12.8. The maximum Gasteiger partial charge on any atom is 0.319 e. The van der Waals surface area contributed by atoms with Crippen molar-refractivity contribution < 1.29 is 9.18 Å². The lowest BCUT2D eigenvalue weighted by atomic mass is 10.2. The predicted octanol–water partition coefficient (Wildman–Crippen LogP) is 2.14. The highest BCUT2D eigenvalue weighted by Gasteiger charge is 2.46. The molecule has 0 radical (unpaired) electrons. The molecule has 0 spiro atoms. The number of pyridine rings is 1. The summed E-state index contributed by atoms with van der Waals surface area (Å²) in [5.74, 6) is 1.21. The smallest absolute Gasteiger partial charge is 0.319 e. The first-order valence-corrected chi connectivity index (χ1v) is 5.89. The van der Waals surface area contributed by atoms with E-state index in [0.717, 1.165) is 30.9 Å². The molecule has 0 aliphatic heterocycles. The van der Waals surface area contributed by atoms with Gasteiger partial charge >= 0.3 is 6.03 Å². The maximum absolute atomic E-state index is 12.8. The van der Waals surface area contributed by atoms with Crippen LogP contribution in [0.1, 0.15) is 19.3 Å². The summed E-state index contributed by atoms with van der Waals surface area (Å²) >= 11 is 0. The number of nitrogens with zero attached hydrogens (tertiary/aromatic N) is 1. The largest absolute Gasteiger partial charge is 0.335 e. The van der Waals surface area contributed by atoms with Gasteiger partial charge in [0.15, 0.2) is 0 Å². The fourth-order valence-electron chi connectivity index (χ4n) is 2.67. The van der Waals surface area contributed by atoms with E-state index < -0.39 is 5.82 Å². The van der Waals surface area contributed by atoms with Gasteiger partial charge in [0.1, 0.15) is 5.82 Å². The van der Waals surface area contributed by atoms with Crippen molar-refractivity contribution in [3.05, 3.63) is 24.3 Å². The van der Waals surface area contributed by atoms with Crippen LogP contribution in [0.25, 0.3) is 0 Å². The Bertz CT molecular complexity index is 441. The lowest BCUT2D eigenvalue weighted by Crippen LogP contribution is -2.37. The predicted molar refractivity (Wildman–Crippen MR) is 61.0 cm³/mol. The molecule has 2 aliphatic rings. The quantitative estimate of drug-likeness (QED) is 0.825. The molecule has 1 aromatic rings. The minimum Gasteiger partial charge on any atom is -0.335 e. The molecule has 2 atom stereocenters. The van der Waals surface area contributed by atoms with Gasteiger partial charge in [-0.15, -0.1) is 0 Å². The van der Waals surface area contributed by atoms with Crippen LogP contribution in [0.2, 0.25) is 0 Å². The summed E-state index contributed by atoms with van der Waals surface area (Å²) in [6.45, 7) is 0. The Balaban J connectivity index is 1.53. The van der Waals surface area contributed by atoms with Crippen LogP contribution in [-0.2, 0) is 0 Å². The van der Waals surface area contributed by atoms with Crippen LogP contribution in [0.3, 0.4) is 0 Å². The van der Waals surface area contributed by atoms with Crippen molar-refractivity contribution in [2.75, 3.05) is 5.32 Å². The van der Waals surface area contributed by atoms with Crippen LogP contribution >= 0.6 is 0 Å². The number of halogens is 1. The molecule has 90 valence electrons. The van der Waals surface area contributed by atoms with E-state index in [1.54, 1.807) is 0 Å². The van der Waals surface area contributed by atoms with Gasteiger partial charge in [0.2, 0.25) is 0 Å². The monoisotopic (exact) mass is 235 g/mol. The number of carbonyl (C=O) groups is 1. The van der Waals surface area contributed by atoms with Crippen molar-refractivity contribution >= 4 is 11.7 Å². The van der Waals surface area contributed by atoms with E-state index in [4.69, 9.17) is 0 Å². The van der Waals surface area contributed by atoms with E-state index in [0.29, 0.717) is 5.69 Å². The number of amides is 2. The number of anilines is 1. The second-order valence-corrected chi connectivity index (χ2v) is 4.91. The summed E-state index contributed by atoms with van der Waals surface area (Å²) in [4.78, 5) is 15.3. The summed E-state index contributed by atoms with van der Waals surface area (Å²) in [5.41, 5.74) is 0.380. The summed E-state index contributed by atoms with van der Waals surface area (Å²) in [7, 11) is 0. The number of nitrogens with one attached hydrogen (secondary N) is 2. The lowest BCUT2D eigenvalue weighted by Gasteiger charge is -2.14.